The van der Waals surface area contributed by atoms with Gasteiger partial charge in [0.25, 0.3) is 0 Å². The molecule has 0 bridgehead atoms. The van der Waals surface area contributed by atoms with Crippen LogP contribution in [0, 0.1) is 5.92 Å². The van der Waals surface area contributed by atoms with Gasteiger partial charge < -0.3 is 14.5 Å². The number of hydrogen-bond donors (Lipinski definition) is 0. The van der Waals surface area contributed by atoms with E-state index in [0.29, 0.717) is 24.8 Å². The minimum Gasteiger partial charge on any atom is -0.472 e. The Labute approximate surface area is 137 Å². The van der Waals surface area contributed by atoms with Crippen LogP contribution < -0.4 is 9.64 Å². The summed E-state index contributed by atoms with van der Waals surface area (Å²) in [5.74, 6) is 2.18. The van der Waals surface area contributed by atoms with Crippen molar-refractivity contribution >= 4 is 11.7 Å². The zero-order valence-electron chi connectivity index (χ0n) is 14.1. The molecule has 0 aromatic carbocycles. The standard InChI is InChI=1S/C17H26N4O2/c1-13(2)9-17(22)21-8-5-14(11-21)23-16-10-15(18-12-19-16)20-6-3-4-7-20/h10,12-14H,3-9,11H2,1-2H3. The fraction of sp³-hybridized carbons (Fsp3) is 0.706. The van der Waals surface area contributed by atoms with E-state index in [-0.39, 0.29) is 12.0 Å². The minimum atomic E-state index is 0.0347. The minimum absolute atomic E-state index is 0.0347. The topological polar surface area (TPSA) is 58.6 Å². The Morgan fingerprint density at radius 2 is 2.09 bits per heavy atom. The molecule has 126 valence electrons. The average Bonchev–Trinajstić information content (AvgIpc) is 3.18. The smallest absolute Gasteiger partial charge is 0.222 e. The molecule has 1 aromatic heterocycles. The van der Waals surface area contributed by atoms with Crippen molar-refractivity contribution in [1.29, 1.82) is 0 Å². The summed E-state index contributed by atoms with van der Waals surface area (Å²) in [6, 6.07) is 1.92. The van der Waals surface area contributed by atoms with Crippen molar-refractivity contribution < 1.29 is 9.53 Å². The third-order valence-electron chi connectivity index (χ3n) is 4.43. The predicted octanol–water partition coefficient (Wildman–Crippen LogP) is 2.10. The van der Waals surface area contributed by atoms with Crippen LogP contribution in [0.2, 0.25) is 0 Å². The number of hydrogen-bond acceptors (Lipinski definition) is 5. The Balaban J connectivity index is 1.56. The van der Waals surface area contributed by atoms with Crippen molar-refractivity contribution in [2.75, 3.05) is 31.1 Å². The summed E-state index contributed by atoms with van der Waals surface area (Å²) in [5.41, 5.74) is 0. The number of rotatable bonds is 5. The first-order valence-corrected chi connectivity index (χ1v) is 8.63. The highest BCUT2D eigenvalue weighted by molar-refractivity contribution is 5.76. The lowest BCUT2D eigenvalue weighted by molar-refractivity contribution is -0.131. The molecule has 3 rings (SSSR count). The predicted molar refractivity (Wildman–Crippen MR) is 88.5 cm³/mol. The molecule has 0 radical (unpaired) electrons. The van der Waals surface area contributed by atoms with E-state index < -0.39 is 0 Å². The van der Waals surface area contributed by atoms with Crippen LogP contribution in [-0.2, 0) is 4.79 Å². The Morgan fingerprint density at radius 1 is 1.30 bits per heavy atom. The molecule has 0 N–H and O–H groups in total. The van der Waals surface area contributed by atoms with Gasteiger partial charge in [0.15, 0.2) is 0 Å². The molecular formula is C17H26N4O2. The molecule has 6 nitrogen and oxygen atoms in total. The van der Waals surface area contributed by atoms with Gasteiger partial charge in [-0.15, -0.1) is 0 Å². The van der Waals surface area contributed by atoms with Crippen molar-refractivity contribution in [3.05, 3.63) is 12.4 Å². The lowest BCUT2D eigenvalue weighted by atomic mass is 10.1. The summed E-state index contributed by atoms with van der Waals surface area (Å²) in [4.78, 5) is 24.9. The SMILES string of the molecule is CC(C)CC(=O)N1CCC(Oc2cc(N3CCCC3)ncn2)C1. The molecular weight excluding hydrogens is 292 g/mol. The Morgan fingerprint density at radius 3 is 2.83 bits per heavy atom. The normalized spacial score (nSPS) is 21.3. The van der Waals surface area contributed by atoms with Gasteiger partial charge >= 0.3 is 0 Å². The molecule has 1 atom stereocenters. The molecule has 2 aliphatic heterocycles. The van der Waals surface area contributed by atoms with Gasteiger partial charge in [-0.05, 0) is 18.8 Å². The molecule has 0 aliphatic carbocycles. The summed E-state index contributed by atoms with van der Waals surface area (Å²) in [6.45, 7) is 7.69. The molecule has 2 fully saturated rings. The molecule has 6 heteroatoms. The first-order chi connectivity index (χ1) is 11.1. The lowest BCUT2D eigenvalue weighted by Crippen LogP contribution is -2.31. The molecule has 1 aromatic rings. The second-order valence-electron chi connectivity index (χ2n) is 6.87. The number of carbonyl (C=O) groups is 1. The van der Waals surface area contributed by atoms with Crippen molar-refractivity contribution in [2.45, 2.75) is 45.6 Å². The average molecular weight is 318 g/mol. The zero-order valence-corrected chi connectivity index (χ0v) is 14.1. The van der Waals surface area contributed by atoms with Gasteiger partial charge in [-0.25, -0.2) is 9.97 Å². The fourth-order valence-electron chi connectivity index (χ4n) is 3.21. The lowest BCUT2D eigenvalue weighted by Gasteiger charge is -2.19. The number of aromatic nitrogens is 2. The summed E-state index contributed by atoms with van der Waals surface area (Å²) < 4.78 is 5.99. The number of amides is 1. The highest BCUT2D eigenvalue weighted by atomic mass is 16.5. The first kappa shape index (κ1) is 16.0. The second-order valence-corrected chi connectivity index (χ2v) is 6.87. The van der Waals surface area contributed by atoms with Gasteiger partial charge in [0.2, 0.25) is 11.8 Å². The summed E-state index contributed by atoms with van der Waals surface area (Å²) in [6.07, 6.45) is 5.52. The van der Waals surface area contributed by atoms with E-state index in [1.807, 2.05) is 11.0 Å². The number of anilines is 1. The third kappa shape index (κ3) is 4.12. The molecule has 2 saturated heterocycles. The van der Waals surface area contributed by atoms with Gasteiger partial charge in [-0.3, -0.25) is 4.79 Å². The van der Waals surface area contributed by atoms with Gasteiger partial charge in [0, 0.05) is 38.5 Å². The van der Waals surface area contributed by atoms with Crippen molar-refractivity contribution in [1.82, 2.24) is 14.9 Å². The van der Waals surface area contributed by atoms with Crippen LogP contribution in [0.5, 0.6) is 5.88 Å². The molecule has 1 amide bonds. The second kappa shape index (κ2) is 7.15. The molecule has 1 unspecified atom stereocenters. The van der Waals surface area contributed by atoms with Gasteiger partial charge in [-0.1, -0.05) is 13.8 Å². The van der Waals surface area contributed by atoms with E-state index in [0.717, 1.165) is 31.9 Å². The molecule has 3 heterocycles. The first-order valence-electron chi connectivity index (χ1n) is 8.63. The number of ether oxygens (including phenoxy) is 1. The number of nitrogens with zero attached hydrogens (tertiary/aromatic N) is 4. The molecule has 23 heavy (non-hydrogen) atoms. The van der Waals surface area contributed by atoms with Gasteiger partial charge in [0.05, 0.1) is 6.54 Å². The molecule has 0 saturated carbocycles. The fourth-order valence-corrected chi connectivity index (χ4v) is 3.21. The summed E-state index contributed by atoms with van der Waals surface area (Å²) in [5, 5.41) is 0. The highest BCUT2D eigenvalue weighted by Gasteiger charge is 2.28. The maximum absolute atomic E-state index is 12.1. The highest BCUT2D eigenvalue weighted by Crippen LogP contribution is 2.23. The quantitative estimate of drug-likeness (QED) is 0.832. The third-order valence-corrected chi connectivity index (χ3v) is 4.43. The van der Waals surface area contributed by atoms with Gasteiger partial charge in [-0.2, -0.15) is 0 Å². The van der Waals surface area contributed by atoms with E-state index in [2.05, 4.69) is 28.7 Å². The van der Waals surface area contributed by atoms with E-state index in [1.165, 1.54) is 12.8 Å². The van der Waals surface area contributed by atoms with Crippen LogP contribution in [0.15, 0.2) is 12.4 Å². The van der Waals surface area contributed by atoms with Gasteiger partial charge in [0.1, 0.15) is 18.2 Å². The Bertz CT molecular complexity index is 543. The molecule has 2 aliphatic rings. The van der Waals surface area contributed by atoms with Crippen LogP contribution in [0.4, 0.5) is 5.82 Å². The maximum atomic E-state index is 12.1. The monoisotopic (exact) mass is 318 g/mol. The number of likely N-dealkylation sites (tertiary alicyclic amines) is 1. The summed E-state index contributed by atoms with van der Waals surface area (Å²) >= 11 is 0. The van der Waals surface area contributed by atoms with Crippen molar-refractivity contribution in [3.63, 3.8) is 0 Å². The number of carbonyl (C=O) groups excluding carboxylic acids is 1. The van der Waals surface area contributed by atoms with Crippen LogP contribution in [0.25, 0.3) is 0 Å². The molecule has 0 spiro atoms. The zero-order chi connectivity index (χ0) is 16.2. The maximum Gasteiger partial charge on any atom is 0.222 e. The van der Waals surface area contributed by atoms with Crippen molar-refractivity contribution in [2.24, 2.45) is 5.92 Å². The van der Waals surface area contributed by atoms with Crippen LogP contribution >= 0.6 is 0 Å². The van der Waals surface area contributed by atoms with E-state index in [9.17, 15) is 4.79 Å². The van der Waals surface area contributed by atoms with Crippen LogP contribution in [0.3, 0.4) is 0 Å². The van der Waals surface area contributed by atoms with Crippen LogP contribution in [0.1, 0.15) is 39.5 Å². The van der Waals surface area contributed by atoms with Crippen molar-refractivity contribution in [3.8, 4) is 5.88 Å². The van der Waals surface area contributed by atoms with E-state index >= 15 is 0 Å². The van der Waals surface area contributed by atoms with Crippen LogP contribution in [-0.4, -0.2) is 53.1 Å². The van der Waals surface area contributed by atoms with E-state index in [4.69, 9.17) is 4.74 Å². The largest absolute Gasteiger partial charge is 0.472 e. The summed E-state index contributed by atoms with van der Waals surface area (Å²) in [7, 11) is 0. The van der Waals surface area contributed by atoms with E-state index in [1.54, 1.807) is 6.33 Å². The Hall–Kier alpha value is -1.85. The Kier molecular flexibility index (Phi) is 4.98.